The Kier molecular flexibility index (Phi) is 3.82. The van der Waals surface area contributed by atoms with Crippen molar-refractivity contribution in [1.29, 1.82) is 0 Å². The van der Waals surface area contributed by atoms with Gasteiger partial charge in [0.15, 0.2) is 0 Å². The number of aromatic amines is 1. The summed E-state index contributed by atoms with van der Waals surface area (Å²) in [7, 11) is 0. The molecule has 2 heteroatoms. The van der Waals surface area contributed by atoms with Gasteiger partial charge in [0.1, 0.15) is 5.82 Å². The van der Waals surface area contributed by atoms with Gasteiger partial charge in [-0.1, -0.05) is 11.1 Å². The van der Waals surface area contributed by atoms with Crippen LogP contribution in [0.1, 0.15) is 52.3 Å². The molecule has 1 aliphatic rings. The summed E-state index contributed by atoms with van der Waals surface area (Å²) in [5, 5.41) is 0. The van der Waals surface area contributed by atoms with E-state index < -0.39 is 0 Å². The molecule has 0 bridgehead atoms. The first-order valence-electron chi connectivity index (χ1n) is 6.52. The van der Waals surface area contributed by atoms with Crippen molar-refractivity contribution in [1.82, 2.24) is 9.97 Å². The summed E-state index contributed by atoms with van der Waals surface area (Å²) in [5.41, 5.74) is 6.27. The van der Waals surface area contributed by atoms with Crippen LogP contribution in [0.5, 0.6) is 0 Å². The summed E-state index contributed by atoms with van der Waals surface area (Å²) in [6, 6.07) is 0. The van der Waals surface area contributed by atoms with Crippen LogP contribution in [0.15, 0.2) is 34.7 Å². The van der Waals surface area contributed by atoms with E-state index >= 15 is 0 Å². The minimum Gasteiger partial charge on any atom is -0.349 e. The lowest BCUT2D eigenvalue weighted by Gasteiger charge is -2.04. The van der Waals surface area contributed by atoms with Crippen LogP contribution in [0.2, 0.25) is 0 Å². The Morgan fingerprint density at radius 3 is 2.47 bits per heavy atom. The molecule has 1 N–H and O–H groups in total. The average molecular weight is 230 g/mol. The molecule has 0 amide bonds. The standard InChI is InChI=1S/C15H22N2/c1-11-10-14(13(3)12(11)2)6-4-5-7-15-16-8-9-17-15/h8-9H,4-7,10H2,1-3H3,(H,16,17). The van der Waals surface area contributed by atoms with E-state index in [9.17, 15) is 0 Å². The van der Waals surface area contributed by atoms with Gasteiger partial charge < -0.3 is 4.98 Å². The van der Waals surface area contributed by atoms with Gasteiger partial charge >= 0.3 is 0 Å². The van der Waals surface area contributed by atoms with Crippen LogP contribution in [-0.2, 0) is 6.42 Å². The largest absolute Gasteiger partial charge is 0.349 e. The number of hydrogen-bond acceptors (Lipinski definition) is 1. The Bertz CT molecular complexity index is 435. The highest BCUT2D eigenvalue weighted by Gasteiger charge is 2.14. The Balaban J connectivity index is 1.74. The number of rotatable bonds is 5. The first kappa shape index (κ1) is 12.2. The fraction of sp³-hybridized carbons (Fsp3) is 0.533. The zero-order valence-corrected chi connectivity index (χ0v) is 11.1. The molecule has 92 valence electrons. The Labute approximate surface area is 104 Å². The molecule has 0 aliphatic heterocycles. The van der Waals surface area contributed by atoms with Gasteiger partial charge in [-0.2, -0.15) is 0 Å². The van der Waals surface area contributed by atoms with Crippen molar-refractivity contribution >= 4 is 0 Å². The number of hydrogen-bond donors (Lipinski definition) is 1. The molecule has 1 aromatic heterocycles. The summed E-state index contributed by atoms with van der Waals surface area (Å²) < 4.78 is 0. The number of imidazole rings is 1. The highest BCUT2D eigenvalue weighted by molar-refractivity contribution is 5.44. The van der Waals surface area contributed by atoms with Gasteiger partial charge in [0.25, 0.3) is 0 Å². The number of allylic oxidation sites excluding steroid dienone is 4. The first-order valence-corrected chi connectivity index (χ1v) is 6.52. The number of unbranched alkanes of at least 4 members (excludes halogenated alkanes) is 1. The molecule has 0 radical (unpaired) electrons. The first-order chi connectivity index (χ1) is 8.18. The Hall–Kier alpha value is -1.31. The second-order valence-electron chi connectivity index (χ2n) is 5.05. The maximum atomic E-state index is 4.25. The lowest BCUT2D eigenvalue weighted by Crippen LogP contribution is -1.90. The molecule has 0 unspecified atom stereocenters. The van der Waals surface area contributed by atoms with Crippen LogP contribution < -0.4 is 0 Å². The minimum absolute atomic E-state index is 1.07. The highest BCUT2D eigenvalue weighted by Crippen LogP contribution is 2.34. The zero-order valence-electron chi connectivity index (χ0n) is 11.1. The third kappa shape index (κ3) is 2.87. The molecule has 0 aromatic carbocycles. The molecule has 0 spiro atoms. The highest BCUT2D eigenvalue weighted by atomic mass is 14.9. The lowest BCUT2D eigenvalue weighted by atomic mass is 10.0. The maximum Gasteiger partial charge on any atom is 0.105 e. The second kappa shape index (κ2) is 5.35. The van der Waals surface area contributed by atoms with Crippen molar-refractivity contribution in [3.8, 4) is 0 Å². The molecular weight excluding hydrogens is 208 g/mol. The van der Waals surface area contributed by atoms with E-state index in [0.29, 0.717) is 0 Å². The van der Waals surface area contributed by atoms with E-state index in [4.69, 9.17) is 0 Å². The average Bonchev–Trinajstić information content (AvgIpc) is 2.90. The lowest BCUT2D eigenvalue weighted by molar-refractivity contribution is 0.701. The molecule has 1 aliphatic carbocycles. The molecular formula is C15H22N2. The summed E-state index contributed by atoms with van der Waals surface area (Å²) in [5.74, 6) is 1.12. The number of nitrogens with one attached hydrogen (secondary N) is 1. The molecule has 0 saturated carbocycles. The van der Waals surface area contributed by atoms with Gasteiger partial charge in [-0.15, -0.1) is 0 Å². The van der Waals surface area contributed by atoms with Gasteiger partial charge in [0.2, 0.25) is 0 Å². The number of aryl methyl sites for hydroxylation is 1. The number of nitrogens with zero attached hydrogens (tertiary/aromatic N) is 1. The topological polar surface area (TPSA) is 28.7 Å². The zero-order chi connectivity index (χ0) is 12.3. The molecule has 1 aromatic rings. The summed E-state index contributed by atoms with van der Waals surface area (Å²) in [4.78, 5) is 7.41. The van der Waals surface area contributed by atoms with Crippen molar-refractivity contribution in [2.45, 2.75) is 52.9 Å². The number of aromatic nitrogens is 2. The van der Waals surface area contributed by atoms with Crippen LogP contribution in [0, 0.1) is 0 Å². The van der Waals surface area contributed by atoms with Crippen LogP contribution in [0.25, 0.3) is 0 Å². The van der Waals surface area contributed by atoms with Gasteiger partial charge in [0.05, 0.1) is 0 Å². The van der Waals surface area contributed by atoms with Crippen molar-refractivity contribution < 1.29 is 0 Å². The molecule has 0 fully saturated rings. The van der Waals surface area contributed by atoms with Crippen molar-refractivity contribution in [2.24, 2.45) is 0 Å². The summed E-state index contributed by atoms with van der Waals surface area (Å²) >= 11 is 0. The van der Waals surface area contributed by atoms with E-state index in [1.54, 1.807) is 16.7 Å². The van der Waals surface area contributed by atoms with Crippen molar-refractivity contribution in [3.05, 3.63) is 40.5 Å². The molecule has 2 nitrogen and oxygen atoms in total. The van der Waals surface area contributed by atoms with Crippen LogP contribution in [0.4, 0.5) is 0 Å². The SMILES string of the molecule is CC1=C(C)C(C)=C(CCCCc2ncc[nH]2)C1. The van der Waals surface area contributed by atoms with Gasteiger partial charge in [0, 0.05) is 18.8 Å². The molecule has 0 atom stereocenters. The predicted molar refractivity (Wildman–Crippen MR) is 71.8 cm³/mol. The van der Waals surface area contributed by atoms with E-state index in [2.05, 4.69) is 30.7 Å². The predicted octanol–water partition coefficient (Wildman–Crippen LogP) is 4.18. The maximum absolute atomic E-state index is 4.25. The smallest absolute Gasteiger partial charge is 0.105 e. The second-order valence-corrected chi connectivity index (χ2v) is 5.05. The fourth-order valence-corrected chi connectivity index (χ4v) is 2.51. The molecule has 0 saturated heterocycles. The van der Waals surface area contributed by atoms with Crippen molar-refractivity contribution in [2.75, 3.05) is 0 Å². The minimum atomic E-state index is 1.07. The Morgan fingerprint density at radius 2 is 1.88 bits per heavy atom. The van der Waals surface area contributed by atoms with E-state index in [-0.39, 0.29) is 0 Å². The molecule has 2 rings (SSSR count). The molecule has 1 heterocycles. The summed E-state index contributed by atoms with van der Waals surface area (Å²) in [6.07, 6.45) is 9.76. The third-order valence-corrected chi connectivity index (χ3v) is 3.91. The van der Waals surface area contributed by atoms with Crippen molar-refractivity contribution in [3.63, 3.8) is 0 Å². The van der Waals surface area contributed by atoms with Gasteiger partial charge in [-0.25, -0.2) is 4.98 Å². The van der Waals surface area contributed by atoms with Crippen LogP contribution >= 0.6 is 0 Å². The number of H-pyrrole nitrogens is 1. The third-order valence-electron chi connectivity index (χ3n) is 3.91. The molecule has 17 heavy (non-hydrogen) atoms. The van der Waals surface area contributed by atoms with Crippen LogP contribution in [-0.4, -0.2) is 9.97 Å². The van der Waals surface area contributed by atoms with Gasteiger partial charge in [-0.3, -0.25) is 0 Å². The van der Waals surface area contributed by atoms with Gasteiger partial charge in [-0.05, 0) is 57.6 Å². The monoisotopic (exact) mass is 230 g/mol. The quantitative estimate of drug-likeness (QED) is 0.755. The fourth-order valence-electron chi connectivity index (χ4n) is 2.51. The van der Waals surface area contributed by atoms with E-state index in [1.807, 2.05) is 12.4 Å². The summed E-state index contributed by atoms with van der Waals surface area (Å²) in [6.45, 7) is 6.78. The van der Waals surface area contributed by atoms with E-state index in [1.165, 1.54) is 31.3 Å². The van der Waals surface area contributed by atoms with E-state index in [0.717, 1.165) is 12.2 Å². The normalized spacial score (nSPS) is 16.2. The van der Waals surface area contributed by atoms with Crippen LogP contribution in [0.3, 0.4) is 0 Å². The Morgan fingerprint density at radius 1 is 1.12 bits per heavy atom.